The minimum absolute atomic E-state index is 0.217. The summed E-state index contributed by atoms with van der Waals surface area (Å²) in [5, 5.41) is 2.80. The highest BCUT2D eigenvalue weighted by atomic mass is 14.2. The Hall–Kier alpha value is -1.04. The van der Waals surface area contributed by atoms with E-state index in [9.17, 15) is 0 Å². The molecule has 1 aromatic carbocycles. The van der Waals surface area contributed by atoms with E-state index in [2.05, 4.69) is 79.7 Å². The topological polar surface area (TPSA) is 0 Å². The Balaban J connectivity index is 3.83. The second-order valence-corrected chi connectivity index (χ2v) is 7.30. The van der Waals surface area contributed by atoms with Crippen LogP contribution in [0, 0.1) is 10.8 Å². The van der Waals surface area contributed by atoms with Gasteiger partial charge in [-0.25, -0.2) is 0 Å². The van der Waals surface area contributed by atoms with Crippen molar-refractivity contribution in [2.75, 3.05) is 0 Å². The van der Waals surface area contributed by atoms with Gasteiger partial charge in [0.2, 0.25) is 0 Å². The Morgan fingerprint density at radius 3 is 1.17 bits per heavy atom. The van der Waals surface area contributed by atoms with E-state index in [1.54, 1.807) is 0 Å². The van der Waals surface area contributed by atoms with Crippen LogP contribution >= 0.6 is 0 Å². The molecule has 0 radical (unpaired) electrons. The van der Waals surface area contributed by atoms with Gasteiger partial charge >= 0.3 is 0 Å². The molecule has 1 rings (SSSR count). The van der Waals surface area contributed by atoms with Crippen molar-refractivity contribution < 1.29 is 0 Å². The molecule has 0 unspecified atom stereocenters. The van der Waals surface area contributed by atoms with Gasteiger partial charge in [0.05, 0.1) is 0 Å². The Morgan fingerprint density at radius 2 is 0.944 bits per heavy atom. The second-order valence-electron chi connectivity index (χ2n) is 7.30. The predicted octanol–water partition coefficient (Wildman–Crippen LogP) is 4.12. The molecule has 0 aliphatic heterocycles. The normalized spacial score (nSPS) is 16.4. The van der Waals surface area contributed by atoms with E-state index in [-0.39, 0.29) is 10.8 Å². The van der Waals surface area contributed by atoms with Crippen molar-refractivity contribution in [1.82, 2.24) is 0 Å². The lowest BCUT2D eigenvalue weighted by molar-refractivity contribution is 0.553. The molecule has 18 heavy (non-hydrogen) atoms. The average molecular weight is 244 g/mol. The van der Waals surface area contributed by atoms with Crippen molar-refractivity contribution in [1.29, 1.82) is 0 Å². The summed E-state index contributed by atoms with van der Waals surface area (Å²) >= 11 is 0. The number of hydrogen-bond donors (Lipinski definition) is 0. The Morgan fingerprint density at radius 1 is 0.667 bits per heavy atom. The molecule has 100 valence electrons. The lowest BCUT2D eigenvalue weighted by Gasteiger charge is -2.23. The second kappa shape index (κ2) is 4.91. The average Bonchev–Trinajstić information content (AvgIpc) is 2.24. The minimum Gasteiger partial charge on any atom is -0.0616 e. The molecule has 0 aliphatic rings. The summed E-state index contributed by atoms with van der Waals surface area (Å²) in [4.78, 5) is 0. The van der Waals surface area contributed by atoms with Crippen molar-refractivity contribution in [2.45, 2.75) is 55.4 Å². The van der Waals surface area contributed by atoms with Crippen LogP contribution in [0.4, 0.5) is 0 Å². The number of rotatable bonds is 0. The maximum absolute atomic E-state index is 2.28. The molecular weight excluding hydrogens is 216 g/mol. The monoisotopic (exact) mass is 244 g/mol. The van der Waals surface area contributed by atoms with Gasteiger partial charge in [-0.05, 0) is 35.1 Å². The highest BCUT2D eigenvalue weighted by Gasteiger charge is 2.16. The summed E-state index contributed by atoms with van der Waals surface area (Å²) in [5.74, 6) is 0. The molecular formula is C18H28. The Bertz CT molecular complexity index is 480. The van der Waals surface area contributed by atoms with Crippen LogP contribution in [0.25, 0.3) is 11.1 Å². The van der Waals surface area contributed by atoms with Gasteiger partial charge in [0.1, 0.15) is 0 Å². The molecule has 0 saturated carbocycles. The fourth-order valence-electron chi connectivity index (χ4n) is 1.95. The van der Waals surface area contributed by atoms with Crippen molar-refractivity contribution >= 4 is 11.1 Å². The van der Waals surface area contributed by atoms with Gasteiger partial charge in [-0.2, -0.15) is 0 Å². The summed E-state index contributed by atoms with van der Waals surface area (Å²) in [6.45, 7) is 18.2. The molecule has 0 atom stereocenters. The molecule has 0 nitrogen and oxygen atoms in total. The molecule has 0 N–H and O–H groups in total. The summed E-state index contributed by atoms with van der Waals surface area (Å²) in [5.41, 5.74) is 3.35. The highest BCUT2D eigenvalue weighted by Crippen LogP contribution is 2.25. The summed E-state index contributed by atoms with van der Waals surface area (Å²) in [6.07, 6.45) is 0. The van der Waals surface area contributed by atoms with Crippen LogP contribution in [0.15, 0.2) is 24.3 Å². The molecule has 0 aliphatic carbocycles. The Kier molecular flexibility index (Phi) is 4.10. The van der Waals surface area contributed by atoms with Crippen molar-refractivity contribution in [2.24, 2.45) is 10.8 Å². The van der Waals surface area contributed by atoms with Crippen LogP contribution in [0.5, 0.6) is 0 Å². The molecule has 0 fully saturated rings. The molecule has 0 heterocycles. The first kappa shape index (κ1) is 15.0. The summed E-state index contributed by atoms with van der Waals surface area (Å²) in [6, 6.07) is 8.80. The largest absolute Gasteiger partial charge is 0.0616 e. The van der Waals surface area contributed by atoms with E-state index in [0.717, 1.165) is 0 Å². The first-order valence-electron chi connectivity index (χ1n) is 6.83. The van der Waals surface area contributed by atoms with E-state index in [0.29, 0.717) is 0 Å². The third-order valence-corrected chi connectivity index (χ3v) is 3.99. The van der Waals surface area contributed by atoms with Crippen LogP contribution in [0.1, 0.15) is 55.4 Å². The third kappa shape index (κ3) is 3.25. The van der Waals surface area contributed by atoms with Gasteiger partial charge < -0.3 is 0 Å². The standard InChI is InChI=1S/C18H28/c1-13(17(3,4)5)15-11-9-10-12-16(15)14(2)18(6,7)8/h9-12H,1-8H3. The zero-order valence-electron chi connectivity index (χ0n) is 13.3. The number of hydrogen-bond acceptors (Lipinski definition) is 0. The van der Waals surface area contributed by atoms with Gasteiger partial charge in [-0.15, -0.1) is 0 Å². The Labute approximate surface area is 112 Å². The lowest BCUT2D eigenvalue weighted by atomic mass is 9.82. The van der Waals surface area contributed by atoms with E-state index < -0.39 is 0 Å². The van der Waals surface area contributed by atoms with Crippen LogP contribution in [-0.2, 0) is 0 Å². The van der Waals surface area contributed by atoms with E-state index in [1.807, 2.05) is 0 Å². The highest BCUT2D eigenvalue weighted by molar-refractivity contribution is 5.54. The SMILES string of the molecule is CC(=c1ccccc1=C(C)C(C)(C)C)C(C)(C)C. The van der Waals surface area contributed by atoms with E-state index >= 15 is 0 Å². The molecule has 0 saturated heterocycles. The van der Waals surface area contributed by atoms with Crippen molar-refractivity contribution in [3.63, 3.8) is 0 Å². The lowest BCUT2D eigenvalue weighted by Crippen LogP contribution is -2.33. The summed E-state index contributed by atoms with van der Waals surface area (Å²) < 4.78 is 0. The quantitative estimate of drug-likeness (QED) is 0.644. The minimum atomic E-state index is 0.217. The number of benzene rings is 1. The molecule has 1 aromatic rings. The van der Waals surface area contributed by atoms with Gasteiger partial charge in [-0.3, -0.25) is 0 Å². The predicted molar refractivity (Wildman–Crippen MR) is 82.8 cm³/mol. The molecule has 0 spiro atoms. The fourth-order valence-corrected chi connectivity index (χ4v) is 1.95. The maximum atomic E-state index is 2.28. The molecule has 0 aromatic heterocycles. The van der Waals surface area contributed by atoms with Gasteiger partial charge in [0, 0.05) is 0 Å². The van der Waals surface area contributed by atoms with Gasteiger partial charge in [-0.1, -0.05) is 77.0 Å². The van der Waals surface area contributed by atoms with Crippen molar-refractivity contribution in [3.05, 3.63) is 34.7 Å². The smallest absolute Gasteiger partial charge is 0.0167 e. The zero-order chi connectivity index (χ0) is 14.1. The zero-order valence-corrected chi connectivity index (χ0v) is 13.3. The van der Waals surface area contributed by atoms with Crippen molar-refractivity contribution in [3.8, 4) is 0 Å². The molecule has 0 heteroatoms. The van der Waals surface area contributed by atoms with E-state index in [1.165, 1.54) is 21.6 Å². The third-order valence-electron chi connectivity index (χ3n) is 3.99. The van der Waals surface area contributed by atoms with Crippen LogP contribution in [0.3, 0.4) is 0 Å². The van der Waals surface area contributed by atoms with Crippen LogP contribution in [0.2, 0.25) is 0 Å². The van der Waals surface area contributed by atoms with Crippen LogP contribution in [-0.4, -0.2) is 0 Å². The summed E-state index contributed by atoms with van der Waals surface area (Å²) in [7, 11) is 0. The van der Waals surface area contributed by atoms with E-state index in [4.69, 9.17) is 0 Å². The van der Waals surface area contributed by atoms with Gasteiger partial charge in [0.25, 0.3) is 0 Å². The first-order valence-corrected chi connectivity index (χ1v) is 6.83. The van der Waals surface area contributed by atoms with Gasteiger partial charge in [0.15, 0.2) is 0 Å². The van der Waals surface area contributed by atoms with Crippen LogP contribution < -0.4 is 10.4 Å². The molecule has 0 bridgehead atoms. The molecule has 0 amide bonds. The first-order chi connectivity index (χ1) is 8.05. The fraction of sp³-hybridized carbons (Fsp3) is 0.556. The maximum Gasteiger partial charge on any atom is -0.0167 e.